The number of carbonyl (C=O) groups excluding carboxylic acids is 1. The standard InChI is InChI=1S/C19H24N4O3S/c1-4-23(15-8-9-27(25,26)11-15)17-10-16(20-12-21-17)19(24)22-18-13(2)6-5-7-14(18)3/h5-7,10,12,15H,4,8-9,11H2,1-3H3,(H,22,24). The van der Waals surface area contributed by atoms with Gasteiger partial charge in [-0.05, 0) is 38.3 Å². The number of hydrogen-bond acceptors (Lipinski definition) is 6. The molecule has 27 heavy (non-hydrogen) atoms. The predicted molar refractivity (Wildman–Crippen MR) is 106 cm³/mol. The van der Waals surface area contributed by atoms with E-state index in [9.17, 15) is 13.2 Å². The van der Waals surface area contributed by atoms with Gasteiger partial charge in [-0.15, -0.1) is 0 Å². The monoisotopic (exact) mass is 388 g/mol. The van der Waals surface area contributed by atoms with Gasteiger partial charge in [-0.1, -0.05) is 18.2 Å². The Labute approximate surface area is 159 Å². The van der Waals surface area contributed by atoms with Crippen molar-refractivity contribution in [1.82, 2.24) is 9.97 Å². The number of rotatable bonds is 5. The molecule has 144 valence electrons. The summed E-state index contributed by atoms with van der Waals surface area (Å²) in [6, 6.07) is 7.32. The van der Waals surface area contributed by atoms with Gasteiger partial charge in [0.1, 0.15) is 17.8 Å². The highest BCUT2D eigenvalue weighted by atomic mass is 32.2. The van der Waals surface area contributed by atoms with Crippen molar-refractivity contribution in [2.45, 2.75) is 33.2 Å². The first kappa shape index (κ1) is 19.3. The summed E-state index contributed by atoms with van der Waals surface area (Å²) in [7, 11) is -3.00. The minimum absolute atomic E-state index is 0.120. The number of benzene rings is 1. The van der Waals surface area contributed by atoms with Crippen LogP contribution in [-0.4, -0.2) is 48.4 Å². The van der Waals surface area contributed by atoms with Crippen LogP contribution in [0.3, 0.4) is 0 Å². The van der Waals surface area contributed by atoms with Crippen molar-refractivity contribution in [3.05, 3.63) is 47.4 Å². The SMILES string of the molecule is CCN(c1cc(C(=O)Nc2c(C)cccc2C)ncn1)C1CCS(=O)(=O)C1. The lowest BCUT2D eigenvalue weighted by atomic mass is 10.1. The van der Waals surface area contributed by atoms with E-state index in [4.69, 9.17) is 0 Å². The molecule has 1 aromatic carbocycles. The highest BCUT2D eigenvalue weighted by molar-refractivity contribution is 7.91. The second-order valence-corrected chi connectivity index (χ2v) is 9.05. The fourth-order valence-corrected chi connectivity index (χ4v) is 5.18. The molecule has 2 heterocycles. The summed E-state index contributed by atoms with van der Waals surface area (Å²) < 4.78 is 23.6. The summed E-state index contributed by atoms with van der Waals surface area (Å²) in [5, 5.41) is 2.92. The van der Waals surface area contributed by atoms with Crippen LogP contribution in [0.1, 0.15) is 35.0 Å². The minimum atomic E-state index is -3.00. The average molecular weight is 388 g/mol. The Bertz CT molecular complexity index is 939. The molecular weight excluding hydrogens is 364 g/mol. The Hall–Kier alpha value is -2.48. The van der Waals surface area contributed by atoms with Crippen LogP contribution in [0.25, 0.3) is 0 Å². The number of nitrogens with zero attached hydrogens (tertiary/aromatic N) is 3. The van der Waals surface area contributed by atoms with Crippen LogP contribution in [0, 0.1) is 13.8 Å². The van der Waals surface area contributed by atoms with Crippen LogP contribution in [0.15, 0.2) is 30.6 Å². The maximum atomic E-state index is 12.7. The second kappa shape index (κ2) is 7.64. The van der Waals surface area contributed by atoms with Gasteiger partial charge < -0.3 is 10.2 Å². The Morgan fingerprint density at radius 3 is 2.56 bits per heavy atom. The van der Waals surface area contributed by atoms with Gasteiger partial charge in [-0.2, -0.15) is 0 Å². The van der Waals surface area contributed by atoms with Crippen molar-refractivity contribution in [2.75, 3.05) is 28.3 Å². The molecule has 1 atom stereocenters. The van der Waals surface area contributed by atoms with Gasteiger partial charge in [0.15, 0.2) is 9.84 Å². The fraction of sp³-hybridized carbons (Fsp3) is 0.421. The molecule has 3 rings (SSSR count). The van der Waals surface area contributed by atoms with E-state index in [-0.39, 0.29) is 29.1 Å². The van der Waals surface area contributed by atoms with Crippen molar-refractivity contribution in [3.63, 3.8) is 0 Å². The lowest BCUT2D eigenvalue weighted by molar-refractivity contribution is 0.102. The first-order valence-corrected chi connectivity index (χ1v) is 10.8. The zero-order valence-electron chi connectivity index (χ0n) is 15.8. The molecule has 0 spiro atoms. The topological polar surface area (TPSA) is 92.3 Å². The molecule has 1 N–H and O–H groups in total. The molecule has 1 aromatic heterocycles. The summed E-state index contributed by atoms with van der Waals surface area (Å²) in [5.41, 5.74) is 2.98. The predicted octanol–water partition coefficient (Wildman–Crippen LogP) is 2.36. The molecule has 1 aliphatic rings. The third-order valence-corrected chi connectivity index (χ3v) is 6.64. The second-order valence-electron chi connectivity index (χ2n) is 6.83. The van der Waals surface area contributed by atoms with Crippen molar-refractivity contribution in [1.29, 1.82) is 0 Å². The van der Waals surface area contributed by atoms with E-state index in [1.54, 1.807) is 6.07 Å². The van der Waals surface area contributed by atoms with Crippen LogP contribution in [0.4, 0.5) is 11.5 Å². The van der Waals surface area contributed by atoms with Crippen LogP contribution < -0.4 is 10.2 Å². The molecule has 2 aromatic rings. The molecular formula is C19H24N4O3S. The molecule has 1 amide bonds. The number of hydrogen-bond donors (Lipinski definition) is 1. The van der Waals surface area contributed by atoms with Gasteiger partial charge in [-0.25, -0.2) is 18.4 Å². The van der Waals surface area contributed by atoms with Gasteiger partial charge in [0.2, 0.25) is 0 Å². The zero-order valence-corrected chi connectivity index (χ0v) is 16.6. The molecule has 8 heteroatoms. The van der Waals surface area contributed by atoms with Gasteiger partial charge in [0.05, 0.1) is 11.5 Å². The van der Waals surface area contributed by atoms with Gasteiger partial charge in [0.25, 0.3) is 5.91 Å². The van der Waals surface area contributed by atoms with Gasteiger partial charge >= 0.3 is 0 Å². The van der Waals surface area contributed by atoms with E-state index in [2.05, 4.69) is 15.3 Å². The zero-order chi connectivity index (χ0) is 19.6. The number of aryl methyl sites for hydroxylation is 2. The summed E-state index contributed by atoms with van der Waals surface area (Å²) >= 11 is 0. The molecule has 0 radical (unpaired) electrons. The summed E-state index contributed by atoms with van der Waals surface area (Å²) in [6.45, 7) is 6.43. The number of sulfone groups is 1. The molecule has 1 fully saturated rings. The molecule has 1 saturated heterocycles. The van der Waals surface area contributed by atoms with Crippen molar-refractivity contribution < 1.29 is 13.2 Å². The third-order valence-electron chi connectivity index (χ3n) is 4.89. The molecule has 0 saturated carbocycles. The lowest BCUT2D eigenvalue weighted by Crippen LogP contribution is -2.37. The van der Waals surface area contributed by atoms with Crippen LogP contribution in [0.2, 0.25) is 0 Å². The summed E-state index contributed by atoms with van der Waals surface area (Å²) in [6.07, 6.45) is 1.92. The highest BCUT2D eigenvalue weighted by Gasteiger charge is 2.32. The molecule has 1 aliphatic heterocycles. The quantitative estimate of drug-likeness (QED) is 0.845. The van der Waals surface area contributed by atoms with E-state index >= 15 is 0 Å². The Kier molecular flexibility index (Phi) is 5.46. The van der Waals surface area contributed by atoms with E-state index in [1.165, 1.54) is 6.33 Å². The molecule has 1 unspecified atom stereocenters. The van der Waals surface area contributed by atoms with Gasteiger partial charge in [-0.3, -0.25) is 4.79 Å². The van der Waals surface area contributed by atoms with E-state index in [0.29, 0.717) is 18.8 Å². The van der Waals surface area contributed by atoms with Crippen molar-refractivity contribution in [3.8, 4) is 0 Å². The smallest absolute Gasteiger partial charge is 0.274 e. The number of aromatic nitrogens is 2. The van der Waals surface area contributed by atoms with Crippen LogP contribution in [0.5, 0.6) is 0 Å². The average Bonchev–Trinajstić information content (AvgIpc) is 2.98. The van der Waals surface area contributed by atoms with Gasteiger partial charge in [0, 0.05) is 24.3 Å². The Morgan fingerprint density at radius 2 is 1.96 bits per heavy atom. The highest BCUT2D eigenvalue weighted by Crippen LogP contribution is 2.24. The molecule has 0 bridgehead atoms. The number of nitrogens with one attached hydrogen (secondary N) is 1. The summed E-state index contributed by atoms with van der Waals surface area (Å²) in [4.78, 5) is 23.0. The first-order valence-electron chi connectivity index (χ1n) is 8.97. The minimum Gasteiger partial charge on any atom is -0.353 e. The number of anilines is 2. The lowest BCUT2D eigenvalue weighted by Gasteiger charge is -2.27. The third kappa shape index (κ3) is 4.27. The maximum Gasteiger partial charge on any atom is 0.274 e. The maximum absolute atomic E-state index is 12.7. The Morgan fingerprint density at radius 1 is 1.26 bits per heavy atom. The van der Waals surface area contributed by atoms with E-state index in [1.807, 2.05) is 43.9 Å². The first-order chi connectivity index (χ1) is 12.8. The van der Waals surface area contributed by atoms with E-state index in [0.717, 1.165) is 16.8 Å². The Balaban J connectivity index is 1.83. The van der Waals surface area contributed by atoms with Crippen molar-refractivity contribution >= 4 is 27.2 Å². The van der Waals surface area contributed by atoms with Crippen LogP contribution >= 0.6 is 0 Å². The van der Waals surface area contributed by atoms with Crippen molar-refractivity contribution in [2.24, 2.45) is 0 Å². The van der Waals surface area contributed by atoms with Crippen LogP contribution in [-0.2, 0) is 9.84 Å². The largest absolute Gasteiger partial charge is 0.353 e. The normalized spacial score (nSPS) is 18.3. The number of carbonyl (C=O) groups is 1. The number of para-hydroxylation sites is 1. The molecule has 7 nitrogen and oxygen atoms in total. The summed E-state index contributed by atoms with van der Waals surface area (Å²) in [5.74, 6) is 0.570. The molecule has 0 aliphatic carbocycles. The number of amides is 1. The van der Waals surface area contributed by atoms with E-state index < -0.39 is 9.84 Å². The fourth-order valence-electron chi connectivity index (χ4n) is 3.45.